The van der Waals surface area contributed by atoms with Crippen molar-refractivity contribution in [3.05, 3.63) is 77.4 Å². The SMILES string of the molecule is O=C(NCCc1cccc(F)c1)c1ccccc1CSc1ncn[nH]1. The van der Waals surface area contributed by atoms with Gasteiger partial charge in [-0.2, -0.15) is 5.10 Å². The first-order chi connectivity index (χ1) is 12.2. The molecule has 0 bridgehead atoms. The topological polar surface area (TPSA) is 70.7 Å². The van der Waals surface area contributed by atoms with Crippen LogP contribution in [0, 0.1) is 5.82 Å². The Morgan fingerprint density at radius 1 is 1.20 bits per heavy atom. The largest absolute Gasteiger partial charge is 0.352 e. The minimum atomic E-state index is -0.265. The summed E-state index contributed by atoms with van der Waals surface area (Å²) in [5.74, 6) is 0.215. The molecule has 1 heterocycles. The average molecular weight is 356 g/mol. The fourth-order valence-corrected chi connectivity index (χ4v) is 3.17. The summed E-state index contributed by atoms with van der Waals surface area (Å²) in [6, 6.07) is 13.9. The van der Waals surface area contributed by atoms with E-state index in [4.69, 9.17) is 0 Å². The lowest BCUT2D eigenvalue weighted by Gasteiger charge is -2.10. The van der Waals surface area contributed by atoms with Crippen molar-refractivity contribution in [2.75, 3.05) is 6.54 Å². The molecular weight excluding hydrogens is 339 g/mol. The van der Waals surface area contributed by atoms with Gasteiger partial charge in [0.15, 0.2) is 5.16 Å². The van der Waals surface area contributed by atoms with Gasteiger partial charge in [0.05, 0.1) is 0 Å². The fraction of sp³-hybridized carbons (Fsp3) is 0.167. The van der Waals surface area contributed by atoms with E-state index in [1.54, 1.807) is 12.1 Å². The summed E-state index contributed by atoms with van der Waals surface area (Å²) in [4.78, 5) is 16.5. The van der Waals surface area contributed by atoms with Crippen molar-refractivity contribution in [3.63, 3.8) is 0 Å². The second-order valence-electron chi connectivity index (χ2n) is 5.37. The first kappa shape index (κ1) is 17.2. The zero-order valence-electron chi connectivity index (χ0n) is 13.4. The zero-order chi connectivity index (χ0) is 17.5. The van der Waals surface area contributed by atoms with Crippen LogP contribution < -0.4 is 5.32 Å². The van der Waals surface area contributed by atoms with Crippen molar-refractivity contribution >= 4 is 17.7 Å². The van der Waals surface area contributed by atoms with Crippen LogP contribution in [0.25, 0.3) is 0 Å². The Hall–Kier alpha value is -2.67. The summed E-state index contributed by atoms with van der Waals surface area (Å²) in [6.45, 7) is 0.450. The highest BCUT2D eigenvalue weighted by atomic mass is 32.2. The molecule has 0 unspecified atom stereocenters. The molecule has 1 amide bonds. The van der Waals surface area contributed by atoms with E-state index in [9.17, 15) is 9.18 Å². The number of aromatic nitrogens is 3. The minimum Gasteiger partial charge on any atom is -0.352 e. The maximum atomic E-state index is 13.2. The number of hydrogen-bond donors (Lipinski definition) is 2. The normalized spacial score (nSPS) is 10.6. The lowest BCUT2D eigenvalue weighted by Crippen LogP contribution is -2.26. The quantitative estimate of drug-likeness (QED) is 0.638. The number of aromatic amines is 1. The fourth-order valence-electron chi connectivity index (χ4n) is 2.39. The minimum absolute atomic E-state index is 0.134. The molecule has 0 aliphatic carbocycles. The third kappa shape index (κ3) is 4.90. The molecule has 0 radical (unpaired) electrons. The summed E-state index contributed by atoms with van der Waals surface area (Å²) in [5.41, 5.74) is 2.41. The molecule has 0 aliphatic heterocycles. The number of carbonyl (C=O) groups is 1. The molecule has 0 fully saturated rings. The highest BCUT2D eigenvalue weighted by Crippen LogP contribution is 2.21. The number of nitrogens with one attached hydrogen (secondary N) is 2. The number of H-pyrrole nitrogens is 1. The third-order valence-corrected chi connectivity index (χ3v) is 4.53. The number of thioether (sulfide) groups is 1. The molecule has 0 saturated heterocycles. The van der Waals surface area contributed by atoms with Gasteiger partial charge in [-0.05, 0) is 35.7 Å². The monoisotopic (exact) mass is 356 g/mol. The molecule has 2 aromatic carbocycles. The summed E-state index contributed by atoms with van der Waals surface area (Å²) in [6.07, 6.45) is 2.03. The van der Waals surface area contributed by atoms with Gasteiger partial charge in [-0.1, -0.05) is 42.1 Å². The predicted octanol–water partition coefficient (Wildman–Crippen LogP) is 3.21. The zero-order valence-corrected chi connectivity index (χ0v) is 14.2. The standard InChI is InChI=1S/C18H17FN4OS/c19-15-6-3-4-13(10-15)8-9-20-17(24)16-7-2-1-5-14(16)11-25-18-21-12-22-23-18/h1-7,10,12H,8-9,11H2,(H,20,24)(H,21,22,23). The van der Waals surface area contributed by atoms with Gasteiger partial charge in [0.2, 0.25) is 0 Å². The van der Waals surface area contributed by atoms with Gasteiger partial charge >= 0.3 is 0 Å². The first-order valence-electron chi connectivity index (χ1n) is 7.81. The van der Waals surface area contributed by atoms with E-state index in [1.165, 1.54) is 30.2 Å². The predicted molar refractivity (Wildman–Crippen MR) is 94.8 cm³/mol. The van der Waals surface area contributed by atoms with Crippen molar-refractivity contribution in [1.29, 1.82) is 0 Å². The van der Waals surface area contributed by atoms with Crippen molar-refractivity contribution in [3.8, 4) is 0 Å². The molecular formula is C18H17FN4OS. The van der Waals surface area contributed by atoms with Crippen molar-refractivity contribution in [2.45, 2.75) is 17.3 Å². The molecule has 2 N–H and O–H groups in total. The molecule has 3 rings (SSSR count). The van der Waals surface area contributed by atoms with Crippen molar-refractivity contribution in [2.24, 2.45) is 0 Å². The van der Waals surface area contributed by atoms with Crippen LogP contribution in [0.1, 0.15) is 21.5 Å². The van der Waals surface area contributed by atoms with E-state index in [0.717, 1.165) is 11.1 Å². The van der Waals surface area contributed by atoms with E-state index >= 15 is 0 Å². The Labute approximate surface area is 149 Å². The maximum Gasteiger partial charge on any atom is 0.251 e. The van der Waals surface area contributed by atoms with Gasteiger partial charge < -0.3 is 5.32 Å². The number of amides is 1. The second-order valence-corrected chi connectivity index (χ2v) is 6.34. The van der Waals surface area contributed by atoms with E-state index in [1.807, 2.05) is 24.3 Å². The lowest BCUT2D eigenvalue weighted by molar-refractivity contribution is 0.0953. The molecule has 25 heavy (non-hydrogen) atoms. The molecule has 7 heteroatoms. The van der Waals surface area contributed by atoms with E-state index in [2.05, 4.69) is 20.5 Å². The Bertz CT molecular complexity index is 839. The summed E-state index contributed by atoms with van der Waals surface area (Å²) in [7, 11) is 0. The smallest absolute Gasteiger partial charge is 0.251 e. The van der Waals surface area contributed by atoms with Crippen LogP contribution in [0.5, 0.6) is 0 Å². The molecule has 0 atom stereocenters. The summed E-state index contributed by atoms with van der Waals surface area (Å²) >= 11 is 1.48. The number of halogens is 1. The Balaban J connectivity index is 1.58. The van der Waals surface area contributed by atoms with Crippen molar-refractivity contribution < 1.29 is 9.18 Å². The maximum absolute atomic E-state index is 13.2. The molecule has 0 spiro atoms. The van der Waals surface area contributed by atoms with Crippen LogP contribution in [-0.4, -0.2) is 27.6 Å². The van der Waals surface area contributed by atoms with Crippen LogP contribution in [0.3, 0.4) is 0 Å². The molecule has 0 aliphatic rings. The Morgan fingerprint density at radius 3 is 2.88 bits per heavy atom. The number of hydrogen-bond acceptors (Lipinski definition) is 4. The molecule has 3 aromatic rings. The lowest BCUT2D eigenvalue weighted by atomic mass is 10.1. The van der Waals surface area contributed by atoms with Crippen LogP contribution >= 0.6 is 11.8 Å². The van der Waals surface area contributed by atoms with Gasteiger partial charge in [-0.3, -0.25) is 9.89 Å². The van der Waals surface area contributed by atoms with Crippen LogP contribution in [0.4, 0.5) is 4.39 Å². The molecule has 128 valence electrons. The summed E-state index contributed by atoms with van der Waals surface area (Å²) in [5, 5.41) is 10.2. The number of rotatable bonds is 7. The third-order valence-electron chi connectivity index (χ3n) is 3.61. The molecule has 1 aromatic heterocycles. The van der Waals surface area contributed by atoms with Gasteiger partial charge in [-0.15, -0.1) is 0 Å². The highest BCUT2D eigenvalue weighted by molar-refractivity contribution is 7.98. The van der Waals surface area contributed by atoms with E-state index < -0.39 is 0 Å². The molecule has 5 nitrogen and oxygen atoms in total. The van der Waals surface area contributed by atoms with Crippen LogP contribution in [-0.2, 0) is 12.2 Å². The number of carbonyl (C=O) groups excluding carboxylic acids is 1. The van der Waals surface area contributed by atoms with Gasteiger partial charge in [0, 0.05) is 17.9 Å². The number of nitrogens with zero attached hydrogens (tertiary/aromatic N) is 2. The summed E-state index contributed by atoms with van der Waals surface area (Å²) < 4.78 is 13.2. The average Bonchev–Trinajstić information content (AvgIpc) is 3.14. The van der Waals surface area contributed by atoms with Gasteiger partial charge in [0.1, 0.15) is 12.1 Å². The molecule has 0 saturated carbocycles. The van der Waals surface area contributed by atoms with Crippen molar-refractivity contribution in [1.82, 2.24) is 20.5 Å². The van der Waals surface area contributed by atoms with Crippen LogP contribution in [0.2, 0.25) is 0 Å². The first-order valence-corrected chi connectivity index (χ1v) is 8.79. The van der Waals surface area contributed by atoms with E-state index in [-0.39, 0.29) is 11.7 Å². The van der Waals surface area contributed by atoms with Gasteiger partial charge in [0.25, 0.3) is 5.91 Å². The van der Waals surface area contributed by atoms with Gasteiger partial charge in [-0.25, -0.2) is 9.37 Å². The number of benzene rings is 2. The Kier molecular flexibility index (Phi) is 5.79. The second kappa shape index (κ2) is 8.43. The highest BCUT2D eigenvalue weighted by Gasteiger charge is 2.11. The Morgan fingerprint density at radius 2 is 2.08 bits per heavy atom. The van der Waals surface area contributed by atoms with E-state index in [0.29, 0.717) is 29.4 Å². The van der Waals surface area contributed by atoms with Crippen LogP contribution in [0.15, 0.2) is 60.0 Å².